The van der Waals surface area contributed by atoms with Gasteiger partial charge in [0.1, 0.15) is 11.5 Å². The number of pyridine rings is 1. The molecule has 2 aromatic heterocycles. The van der Waals surface area contributed by atoms with Crippen LogP contribution in [-0.4, -0.2) is 80.7 Å². The van der Waals surface area contributed by atoms with Crippen LogP contribution in [-0.2, 0) is 23.6 Å². The Morgan fingerprint density at radius 3 is 2.44 bits per heavy atom. The van der Waals surface area contributed by atoms with Crippen LogP contribution in [0.4, 0.5) is 0 Å². The van der Waals surface area contributed by atoms with Crippen LogP contribution in [0.3, 0.4) is 0 Å². The van der Waals surface area contributed by atoms with Gasteiger partial charge in [0.15, 0.2) is 11.5 Å². The lowest BCUT2D eigenvalue weighted by atomic mass is 9.88. The molecule has 0 spiro atoms. The molecule has 12 heteroatoms. The maximum atomic E-state index is 11.6. The number of halogens is 1. The van der Waals surface area contributed by atoms with Crippen LogP contribution in [0.2, 0.25) is 5.02 Å². The number of hydrogen-bond acceptors (Lipinski definition) is 9. The van der Waals surface area contributed by atoms with Crippen molar-refractivity contribution in [3.8, 4) is 11.5 Å². The fraction of sp³-hybridized carbons (Fsp3) is 0.424. The maximum absolute atomic E-state index is 11.6. The van der Waals surface area contributed by atoms with Crippen LogP contribution in [0, 0.1) is 0 Å². The van der Waals surface area contributed by atoms with Gasteiger partial charge in [-0.15, -0.1) is 0 Å². The van der Waals surface area contributed by atoms with E-state index in [0.717, 1.165) is 87.1 Å². The van der Waals surface area contributed by atoms with E-state index >= 15 is 0 Å². The molecule has 0 unspecified atom stereocenters. The van der Waals surface area contributed by atoms with Gasteiger partial charge >= 0.3 is 5.97 Å². The standard InChI is InChI=1S/C31H31ClN4O5.2CH4O/c1-31(27-8-6-21(32)16-33-27)40-26-4-2-3-23(29(26)41-31)19-9-12-35(13-10-19)18-28-34-24-7-5-20(30(37)38)15-25(24)36(28)17-22-11-14-39-22;2*1-2/h2-8,15-16,19,22H,9-14,17-18H2,1H3,(H,37,38);2*2H,1H3/t22-,31-;;/m0../s1. The number of hydrogen-bond donors (Lipinski definition) is 3. The summed E-state index contributed by atoms with van der Waals surface area (Å²) in [6.45, 7) is 5.86. The molecule has 4 aromatic rings. The first kappa shape index (κ1) is 32.6. The molecule has 0 amide bonds. The number of rotatable bonds is 7. The number of nitrogens with zero attached hydrogens (tertiary/aromatic N) is 4. The molecule has 2 fully saturated rings. The molecule has 2 aromatic carbocycles. The summed E-state index contributed by atoms with van der Waals surface area (Å²) in [4.78, 5) is 23.4. The Morgan fingerprint density at radius 2 is 1.80 bits per heavy atom. The second kappa shape index (κ2) is 14.1. The van der Waals surface area contributed by atoms with Gasteiger partial charge in [-0.3, -0.25) is 9.88 Å². The third kappa shape index (κ3) is 6.78. The molecule has 0 bridgehead atoms. The van der Waals surface area contributed by atoms with E-state index in [1.165, 1.54) is 0 Å². The van der Waals surface area contributed by atoms with Crippen molar-refractivity contribution in [3.63, 3.8) is 0 Å². The number of carboxylic acids is 1. The molecule has 3 aliphatic heterocycles. The summed E-state index contributed by atoms with van der Waals surface area (Å²) in [6, 6.07) is 14.9. The van der Waals surface area contributed by atoms with Gasteiger partial charge in [0.25, 0.3) is 5.79 Å². The van der Waals surface area contributed by atoms with E-state index in [9.17, 15) is 9.90 Å². The number of para-hydroxylation sites is 1. The lowest BCUT2D eigenvalue weighted by Gasteiger charge is -2.33. The highest BCUT2D eigenvalue weighted by molar-refractivity contribution is 6.30. The molecule has 3 N–H and O–H groups in total. The number of likely N-dealkylation sites (tertiary alicyclic amines) is 1. The van der Waals surface area contributed by atoms with Crippen molar-refractivity contribution in [2.75, 3.05) is 33.9 Å². The Morgan fingerprint density at radius 1 is 1.04 bits per heavy atom. The van der Waals surface area contributed by atoms with Crippen molar-refractivity contribution < 1.29 is 34.3 Å². The minimum Gasteiger partial charge on any atom is -0.478 e. The number of carboxylic acid groups (broad SMARTS) is 1. The van der Waals surface area contributed by atoms with Crippen molar-refractivity contribution in [1.29, 1.82) is 0 Å². The third-order valence-corrected chi connectivity index (χ3v) is 8.67. The van der Waals surface area contributed by atoms with Crippen LogP contribution >= 0.6 is 11.6 Å². The topological polar surface area (TPSA) is 139 Å². The van der Waals surface area contributed by atoms with E-state index < -0.39 is 11.8 Å². The number of ether oxygens (including phenoxy) is 3. The van der Waals surface area contributed by atoms with Gasteiger partial charge < -0.3 is 34.1 Å². The van der Waals surface area contributed by atoms with E-state index in [1.807, 2.05) is 25.1 Å². The summed E-state index contributed by atoms with van der Waals surface area (Å²) >= 11 is 6.04. The number of aliphatic hydroxyl groups is 2. The first-order valence-electron chi connectivity index (χ1n) is 14.9. The summed E-state index contributed by atoms with van der Waals surface area (Å²) in [5.74, 6) is 0.868. The van der Waals surface area contributed by atoms with E-state index in [-0.39, 0.29) is 11.7 Å². The first-order chi connectivity index (χ1) is 21.9. The second-order valence-electron chi connectivity index (χ2n) is 11.2. The number of carbonyl (C=O) groups is 1. The summed E-state index contributed by atoms with van der Waals surface area (Å²) in [5, 5.41) is 24.1. The molecule has 0 aliphatic carbocycles. The quantitative estimate of drug-likeness (QED) is 0.258. The Balaban J connectivity index is 0.000000963. The molecule has 2 saturated heterocycles. The van der Waals surface area contributed by atoms with Crippen LogP contribution in [0.25, 0.3) is 11.0 Å². The number of aromatic carboxylic acids is 1. The summed E-state index contributed by atoms with van der Waals surface area (Å²) < 4.78 is 20.6. The van der Waals surface area contributed by atoms with Gasteiger partial charge in [0.05, 0.1) is 40.8 Å². The molecule has 5 heterocycles. The van der Waals surface area contributed by atoms with E-state index in [4.69, 9.17) is 41.0 Å². The van der Waals surface area contributed by atoms with Crippen LogP contribution in [0.15, 0.2) is 54.7 Å². The maximum Gasteiger partial charge on any atom is 0.335 e. The molecule has 45 heavy (non-hydrogen) atoms. The summed E-state index contributed by atoms with van der Waals surface area (Å²) in [6.07, 6.45) is 4.70. The van der Waals surface area contributed by atoms with Gasteiger partial charge in [-0.25, -0.2) is 9.78 Å². The Bertz CT molecular complexity index is 1620. The molecule has 11 nitrogen and oxygen atoms in total. The monoisotopic (exact) mass is 638 g/mol. The zero-order chi connectivity index (χ0) is 32.1. The van der Waals surface area contributed by atoms with E-state index in [0.29, 0.717) is 29.7 Å². The summed E-state index contributed by atoms with van der Waals surface area (Å²) in [5.41, 5.74) is 3.76. The highest BCUT2D eigenvalue weighted by Crippen LogP contribution is 2.49. The predicted molar refractivity (Wildman–Crippen MR) is 169 cm³/mol. The minimum atomic E-state index is -1.01. The van der Waals surface area contributed by atoms with Crippen molar-refractivity contribution in [1.82, 2.24) is 19.4 Å². The number of imidazole rings is 1. The molecule has 240 valence electrons. The van der Waals surface area contributed by atoms with Gasteiger partial charge in [0, 0.05) is 39.5 Å². The number of piperidine rings is 1. The molecular formula is C33H39ClN4O7. The number of aromatic nitrogens is 3. The number of benzene rings is 2. The van der Waals surface area contributed by atoms with E-state index in [1.54, 1.807) is 30.5 Å². The molecular weight excluding hydrogens is 600 g/mol. The minimum absolute atomic E-state index is 0.140. The number of aliphatic hydroxyl groups excluding tert-OH is 2. The van der Waals surface area contributed by atoms with Crippen LogP contribution in [0.5, 0.6) is 11.5 Å². The zero-order valence-electron chi connectivity index (χ0n) is 25.6. The van der Waals surface area contributed by atoms with E-state index in [2.05, 4.69) is 20.5 Å². The first-order valence-corrected chi connectivity index (χ1v) is 15.3. The largest absolute Gasteiger partial charge is 0.478 e. The van der Waals surface area contributed by atoms with Gasteiger partial charge in [-0.1, -0.05) is 23.7 Å². The molecule has 0 radical (unpaired) electrons. The molecule has 7 rings (SSSR count). The Hall–Kier alpha value is -3.74. The lowest BCUT2D eigenvalue weighted by molar-refractivity contribution is -0.0722. The second-order valence-corrected chi connectivity index (χ2v) is 11.6. The Labute approximate surface area is 267 Å². The third-order valence-electron chi connectivity index (χ3n) is 8.45. The summed E-state index contributed by atoms with van der Waals surface area (Å²) in [7, 11) is 2.00. The molecule has 2 atom stereocenters. The average Bonchev–Trinajstić information content (AvgIpc) is 3.58. The number of fused-ring (bicyclic) bond motifs is 2. The van der Waals surface area contributed by atoms with Gasteiger partial charge in [-0.2, -0.15) is 0 Å². The predicted octanol–water partition coefficient (Wildman–Crippen LogP) is 4.81. The van der Waals surface area contributed by atoms with Gasteiger partial charge in [0.2, 0.25) is 0 Å². The van der Waals surface area contributed by atoms with Crippen molar-refractivity contribution >= 4 is 28.6 Å². The van der Waals surface area contributed by atoms with Gasteiger partial charge in [-0.05, 0) is 74.7 Å². The van der Waals surface area contributed by atoms with Crippen LogP contribution in [0.1, 0.15) is 59.5 Å². The average molecular weight is 639 g/mol. The SMILES string of the molecule is CO.CO.C[C@]1(c2ccc(Cl)cn2)Oc2cccc(C3CCN(Cc4nc5ccc(C(=O)O)cc5n4C[C@@H]4CCO4)CC3)c2O1. The zero-order valence-corrected chi connectivity index (χ0v) is 26.4. The van der Waals surface area contributed by atoms with Crippen molar-refractivity contribution in [3.05, 3.63) is 82.4 Å². The molecule has 0 saturated carbocycles. The lowest BCUT2D eigenvalue weighted by Crippen LogP contribution is -2.35. The fourth-order valence-corrected chi connectivity index (χ4v) is 6.19. The highest BCUT2D eigenvalue weighted by Gasteiger charge is 2.42. The molecule has 3 aliphatic rings. The van der Waals surface area contributed by atoms with Crippen molar-refractivity contribution in [2.45, 2.75) is 57.1 Å². The normalized spacial score (nSPS) is 20.9. The van der Waals surface area contributed by atoms with Crippen LogP contribution < -0.4 is 9.47 Å². The highest BCUT2D eigenvalue weighted by atomic mass is 35.5. The Kier molecular flexibility index (Phi) is 10.3. The van der Waals surface area contributed by atoms with Crippen molar-refractivity contribution in [2.24, 2.45) is 0 Å². The fourth-order valence-electron chi connectivity index (χ4n) is 6.08. The smallest absolute Gasteiger partial charge is 0.335 e.